The van der Waals surface area contributed by atoms with Crippen LogP contribution < -0.4 is 15.0 Å². The number of hydrogen-bond acceptors (Lipinski definition) is 4. The van der Waals surface area contributed by atoms with E-state index in [2.05, 4.69) is 25.2 Å². The molecular weight excluding hydrogens is 426 g/mol. The molecule has 1 aliphatic rings. The highest BCUT2D eigenvalue weighted by Crippen LogP contribution is 2.26. The maximum absolute atomic E-state index is 12.9. The van der Waals surface area contributed by atoms with Gasteiger partial charge in [0.25, 0.3) is 0 Å². The lowest BCUT2D eigenvalue weighted by atomic mass is 9.97. The van der Waals surface area contributed by atoms with Gasteiger partial charge in [0.05, 0.1) is 24.1 Å². The van der Waals surface area contributed by atoms with Crippen molar-refractivity contribution in [2.75, 3.05) is 31.6 Å². The van der Waals surface area contributed by atoms with Gasteiger partial charge in [-0.15, -0.1) is 0 Å². The summed E-state index contributed by atoms with van der Waals surface area (Å²) in [7, 11) is 1.67. The number of anilines is 1. The molecule has 1 saturated heterocycles. The maximum atomic E-state index is 12.9. The number of benzene rings is 2. The molecule has 1 atom stereocenters. The van der Waals surface area contributed by atoms with Crippen molar-refractivity contribution in [1.82, 2.24) is 20.3 Å². The highest BCUT2D eigenvalue weighted by atomic mass is 35.5. The molecule has 5 rings (SSSR count). The number of carbonyl (C=O) groups is 1. The van der Waals surface area contributed by atoms with E-state index >= 15 is 0 Å². The summed E-state index contributed by atoms with van der Waals surface area (Å²) < 4.78 is 5.34. The predicted octanol–water partition coefficient (Wildman–Crippen LogP) is 4.28. The third-order valence-corrected chi connectivity index (χ3v) is 6.43. The van der Waals surface area contributed by atoms with E-state index in [4.69, 9.17) is 16.3 Å². The van der Waals surface area contributed by atoms with Crippen LogP contribution in [0.4, 0.5) is 5.95 Å². The number of carbonyl (C=O) groups excluding carboxylic acids is 1. The van der Waals surface area contributed by atoms with Gasteiger partial charge < -0.3 is 24.9 Å². The molecule has 0 saturated carbocycles. The zero-order chi connectivity index (χ0) is 22.1. The topological polar surface area (TPSA) is 86.0 Å². The molecule has 32 heavy (non-hydrogen) atoms. The predicted molar refractivity (Wildman–Crippen MR) is 128 cm³/mol. The Morgan fingerprint density at radius 2 is 2.19 bits per heavy atom. The van der Waals surface area contributed by atoms with E-state index in [1.165, 1.54) is 5.56 Å². The molecule has 3 N–H and O–H groups in total. The number of nitrogens with one attached hydrogen (secondary N) is 3. The Morgan fingerprint density at radius 3 is 3.06 bits per heavy atom. The van der Waals surface area contributed by atoms with Crippen molar-refractivity contribution >= 4 is 45.4 Å². The van der Waals surface area contributed by atoms with Gasteiger partial charge in [0.15, 0.2) is 0 Å². The van der Waals surface area contributed by atoms with Crippen molar-refractivity contribution < 1.29 is 9.53 Å². The van der Waals surface area contributed by atoms with Crippen LogP contribution >= 0.6 is 11.6 Å². The third-order valence-electron chi connectivity index (χ3n) is 6.19. The number of nitrogens with zero attached hydrogens (tertiary/aromatic N) is 2. The van der Waals surface area contributed by atoms with Gasteiger partial charge in [0.1, 0.15) is 5.75 Å². The molecule has 0 unspecified atom stereocenters. The largest absolute Gasteiger partial charge is 0.497 e. The zero-order valence-corrected chi connectivity index (χ0v) is 18.7. The van der Waals surface area contributed by atoms with Crippen LogP contribution in [0.3, 0.4) is 0 Å². The molecule has 1 aliphatic heterocycles. The number of piperidine rings is 1. The minimum absolute atomic E-state index is 0.0522. The van der Waals surface area contributed by atoms with Gasteiger partial charge in [-0.1, -0.05) is 11.6 Å². The smallest absolute Gasteiger partial charge is 0.224 e. The number of hydrogen-bond donors (Lipinski definition) is 3. The monoisotopic (exact) mass is 451 g/mol. The van der Waals surface area contributed by atoms with Crippen LogP contribution in [0.25, 0.3) is 21.9 Å². The quantitative estimate of drug-likeness (QED) is 0.408. The Labute approximate surface area is 191 Å². The van der Waals surface area contributed by atoms with E-state index in [0.29, 0.717) is 18.1 Å². The molecular formula is C24H26ClN5O2. The minimum atomic E-state index is -0.0522. The molecule has 166 valence electrons. The van der Waals surface area contributed by atoms with Crippen molar-refractivity contribution in [1.29, 1.82) is 0 Å². The van der Waals surface area contributed by atoms with Crippen LogP contribution in [0.5, 0.6) is 5.75 Å². The fraction of sp³-hybridized carbons (Fsp3) is 0.333. The first-order valence-corrected chi connectivity index (χ1v) is 11.3. The maximum Gasteiger partial charge on any atom is 0.224 e. The number of aromatic nitrogens is 3. The van der Waals surface area contributed by atoms with Gasteiger partial charge in [-0.25, -0.2) is 4.98 Å². The molecule has 1 fully saturated rings. The molecule has 0 bridgehead atoms. The van der Waals surface area contributed by atoms with E-state index in [0.717, 1.165) is 59.4 Å². The number of methoxy groups -OCH3 is 1. The first kappa shape index (κ1) is 20.7. The Bertz CT molecular complexity index is 1260. The number of H-pyrrole nitrogens is 2. The summed E-state index contributed by atoms with van der Waals surface area (Å²) >= 11 is 6.09. The molecule has 2 aromatic heterocycles. The second-order valence-electron chi connectivity index (χ2n) is 8.27. The van der Waals surface area contributed by atoms with Gasteiger partial charge in [-0.2, -0.15) is 0 Å². The fourth-order valence-corrected chi connectivity index (χ4v) is 4.63. The fourth-order valence-electron chi connectivity index (χ4n) is 4.46. The van der Waals surface area contributed by atoms with Gasteiger partial charge in [-0.3, -0.25) is 4.79 Å². The zero-order valence-electron chi connectivity index (χ0n) is 18.0. The van der Waals surface area contributed by atoms with Crippen molar-refractivity contribution in [2.45, 2.75) is 19.3 Å². The van der Waals surface area contributed by atoms with Gasteiger partial charge in [0.2, 0.25) is 11.9 Å². The van der Waals surface area contributed by atoms with E-state index in [1.54, 1.807) is 7.11 Å². The lowest BCUT2D eigenvalue weighted by Crippen LogP contribution is -2.43. The average Bonchev–Trinajstić information content (AvgIpc) is 3.42. The Balaban J connectivity index is 1.20. The molecule has 7 nitrogen and oxygen atoms in total. The minimum Gasteiger partial charge on any atom is -0.497 e. The number of amides is 1. The van der Waals surface area contributed by atoms with E-state index in [1.807, 2.05) is 42.6 Å². The third kappa shape index (κ3) is 4.12. The lowest BCUT2D eigenvalue weighted by Gasteiger charge is -2.31. The van der Waals surface area contributed by atoms with Gasteiger partial charge >= 0.3 is 0 Å². The summed E-state index contributed by atoms with van der Waals surface area (Å²) in [5.74, 6) is 1.68. The summed E-state index contributed by atoms with van der Waals surface area (Å²) in [6, 6.07) is 11.6. The Kier molecular flexibility index (Phi) is 5.66. The molecule has 1 amide bonds. The average molecular weight is 452 g/mol. The van der Waals surface area contributed by atoms with Crippen LogP contribution in [0.1, 0.15) is 18.4 Å². The van der Waals surface area contributed by atoms with Gasteiger partial charge in [0, 0.05) is 41.8 Å². The summed E-state index contributed by atoms with van der Waals surface area (Å²) in [5.41, 5.74) is 4.04. The van der Waals surface area contributed by atoms with E-state index in [9.17, 15) is 4.79 Å². The number of rotatable bonds is 6. The summed E-state index contributed by atoms with van der Waals surface area (Å²) in [5, 5.41) is 4.94. The number of halogens is 1. The standard InChI is InChI=1S/C24H26ClN5O2/c1-32-18-5-7-20-19(12-18)15(13-27-20)8-9-26-23(31)16-3-2-10-30(14-16)24-28-21-6-4-17(25)11-22(21)29-24/h4-7,11-13,16,27H,2-3,8-10,14H2,1H3,(H,26,31)(H,28,29)/t16-/m1/s1. The second-order valence-corrected chi connectivity index (χ2v) is 8.71. The molecule has 2 aromatic carbocycles. The summed E-state index contributed by atoms with van der Waals surface area (Å²) in [4.78, 5) is 26.3. The molecule has 0 aliphatic carbocycles. The number of fused-ring (bicyclic) bond motifs is 2. The van der Waals surface area contributed by atoms with Gasteiger partial charge in [-0.05, 0) is 61.2 Å². The SMILES string of the molecule is COc1ccc2[nH]cc(CCNC(=O)[C@@H]3CCCN(c4nc5ccc(Cl)cc5[nH]4)C3)c2c1. The highest BCUT2D eigenvalue weighted by molar-refractivity contribution is 6.31. The first-order chi connectivity index (χ1) is 15.6. The number of imidazole rings is 1. The van der Waals surface area contributed by atoms with Crippen molar-refractivity contribution in [3.63, 3.8) is 0 Å². The van der Waals surface area contributed by atoms with E-state index < -0.39 is 0 Å². The Morgan fingerprint density at radius 1 is 1.28 bits per heavy atom. The van der Waals surface area contributed by atoms with E-state index in [-0.39, 0.29) is 11.8 Å². The second kappa shape index (κ2) is 8.74. The van der Waals surface area contributed by atoms with Crippen LogP contribution in [0, 0.1) is 5.92 Å². The Hall–Kier alpha value is -3.19. The van der Waals surface area contributed by atoms with Crippen LogP contribution in [0.15, 0.2) is 42.6 Å². The molecule has 3 heterocycles. The molecule has 0 spiro atoms. The van der Waals surface area contributed by atoms with Crippen LogP contribution in [-0.2, 0) is 11.2 Å². The van der Waals surface area contributed by atoms with Crippen LogP contribution in [-0.4, -0.2) is 47.6 Å². The summed E-state index contributed by atoms with van der Waals surface area (Å²) in [6.07, 6.45) is 4.61. The first-order valence-electron chi connectivity index (χ1n) is 10.9. The normalized spacial score (nSPS) is 16.6. The molecule has 8 heteroatoms. The lowest BCUT2D eigenvalue weighted by molar-refractivity contribution is -0.125. The molecule has 0 radical (unpaired) electrons. The number of aromatic amines is 2. The van der Waals surface area contributed by atoms with Crippen molar-refractivity contribution in [3.8, 4) is 5.75 Å². The summed E-state index contributed by atoms with van der Waals surface area (Å²) in [6.45, 7) is 2.14. The van der Waals surface area contributed by atoms with Crippen molar-refractivity contribution in [3.05, 3.63) is 53.2 Å². The van der Waals surface area contributed by atoms with Crippen molar-refractivity contribution in [2.24, 2.45) is 5.92 Å². The van der Waals surface area contributed by atoms with Crippen LogP contribution in [0.2, 0.25) is 5.02 Å². The number of ether oxygens (including phenoxy) is 1. The highest BCUT2D eigenvalue weighted by Gasteiger charge is 2.27. The molecule has 4 aromatic rings.